The van der Waals surface area contributed by atoms with Crippen LogP contribution in [0.4, 0.5) is 9.59 Å². The van der Waals surface area contributed by atoms with Crippen LogP contribution in [0, 0.1) is 17.8 Å². The Labute approximate surface area is 165 Å². The number of ketones is 1. The molecule has 3 fully saturated rings. The van der Waals surface area contributed by atoms with E-state index in [0.717, 1.165) is 5.01 Å². The predicted molar refractivity (Wildman–Crippen MR) is 96.8 cm³/mol. The predicted octanol–water partition coefficient (Wildman–Crippen LogP) is 2.54. The van der Waals surface area contributed by atoms with Gasteiger partial charge in [0.05, 0.1) is 30.8 Å². The maximum absolute atomic E-state index is 13.1. The van der Waals surface area contributed by atoms with Gasteiger partial charge in [0, 0.05) is 19.4 Å². The molecule has 0 aromatic heterocycles. The van der Waals surface area contributed by atoms with Gasteiger partial charge in [-0.1, -0.05) is 6.92 Å². The van der Waals surface area contributed by atoms with Crippen LogP contribution >= 0.6 is 0 Å². The summed E-state index contributed by atoms with van der Waals surface area (Å²) in [5.74, 6) is -2.58. The molecule has 2 amide bonds. The Kier molecular flexibility index (Phi) is 5.60. The topological polar surface area (TPSA) is 94.6 Å². The van der Waals surface area contributed by atoms with Crippen LogP contribution in [-0.4, -0.2) is 65.9 Å². The summed E-state index contributed by atoms with van der Waals surface area (Å²) in [6.07, 6.45) is -1.31. The number of amides is 2. The molecule has 9 heteroatoms. The molecule has 28 heavy (non-hydrogen) atoms. The average Bonchev–Trinajstić information content (AvgIpc) is 3.16. The number of nitrogens with zero attached hydrogens (tertiary/aromatic N) is 2. The Morgan fingerprint density at radius 2 is 1.75 bits per heavy atom. The van der Waals surface area contributed by atoms with Crippen LogP contribution in [0.3, 0.4) is 0 Å². The first-order valence-corrected chi connectivity index (χ1v) is 9.92. The minimum atomic E-state index is -1.73. The molecular weight excluding hydrogens is 368 g/mol. The van der Waals surface area contributed by atoms with Crippen molar-refractivity contribution in [1.29, 1.82) is 0 Å². The van der Waals surface area contributed by atoms with E-state index in [1.807, 2.05) is 6.92 Å². The molecular formula is C19H30N2O7. The Hall–Kier alpha value is -1.87. The summed E-state index contributed by atoms with van der Waals surface area (Å²) in [5, 5.41) is 2.29. The maximum Gasteiger partial charge on any atom is 0.433 e. The molecule has 0 aromatic rings. The highest BCUT2D eigenvalue weighted by atomic mass is 16.7. The van der Waals surface area contributed by atoms with E-state index in [9.17, 15) is 14.4 Å². The first-order valence-electron chi connectivity index (χ1n) is 9.92. The normalized spacial score (nSPS) is 33.4. The van der Waals surface area contributed by atoms with Crippen molar-refractivity contribution in [3.63, 3.8) is 0 Å². The number of hydrogen-bond acceptors (Lipinski definition) is 7. The molecule has 0 aromatic carbocycles. The second-order valence-corrected chi connectivity index (χ2v) is 8.08. The van der Waals surface area contributed by atoms with Crippen LogP contribution in [0.2, 0.25) is 0 Å². The standard InChI is InChI=1S/C19H30N2O7/c1-7-8-26-19(25-6)15-13(22)9-12-14(15)16(12)20(17(23)27-10(2)3)21(19)18(24)28-11(4)5/h10-12,14-16H,7-9H2,1-6H3/t12-,14-,15+,16-,19-/m0/s1. The van der Waals surface area contributed by atoms with Crippen molar-refractivity contribution >= 4 is 18.0 Å². The zero-order valence-corrected chi connectivity index (χ0v) is 17.3. The molecule has 3 aliphatic rings. The van der Waals surface area contributed by atoms with Crippen LogP contribution in [-0.2, 0) is 23.7 Å². The summed E-state index contributed by atoms with van der Waals surface area (Å²) in [7, 11) is 1.38. The minimum absolute atomic E-state index is 0.0246. The Morgan fingerprint density at radius 1 is 1.14 bits per heavy atom. The number of carbonyl (C=O) groups is 3. The third kappa shape index (κ3) is 3.14. The maximum atomic E-state index is 13.1. The number of hydrogen-bond donors (Lipinski definition) is 0. The van der Waals surface area contributed by atoms with Crippen molar-refractivity contribution < 1.29 is 33.3 Å². The van der Waals surface area contributed by atoms with E-state index in [-0.39, 0.29) is 36.4 Å². The molecule has 9 nitrogen and oxygen atoms in total. The van der Waals surface area contributed by atoms with Crippen molar-refractivity contribution in [3.8, 4) is 0 Å². The second-order valence-electron chi connectivity index (χ2n) is 8.08. The fraction of sp³-hybridized carbons (Fsp3) is 0.842. The SMILES string of the molecule is CCCO[C@@]1(OC)[C@@H]2C(=O)C[C@H]3[C@@H]2[C@H]3N(C(=O)OC(C)C)N1C(=O)OC(C)C. The van der Waals surface area contributed by atoms with Crippen molar-refractivity contribution in [2.24, 2.45) is 17.8 Å². The zero-order valence-electron chi connectivity index (χ0n) is 17.3. The van der Waals surface area contributed by atoms with Gasteiger partial charge in [0.15, 0.2) is 0 Å². The monoisotopic (exact) mass is 398 g/mol. The molecule has 1 saturated heterocycles. The first-order chi connectivity index (χ1) is 13.2. The van der Waals surface area contributed by atoms with Crippen LogP contribution < -0.4 is 0 Å². The summed E-state index contributed by atoms with van der Waals surface area (Å²) in [4.78, 5) is 38.8. The molecule has 3 rings (SSSR count). The fourth-order valence-corrected chi connectivity index (χ4v) is 4.46. The number of hydrazine groups is 1. The van der Waals surface area contributed by atoms with Gasteiger partial charge in [-0.25, -0.2) is 14.6 Å². The van der Waals surface area contributed by atoms with E-state index in [2.05, 4.69) is 0 Å². The number of methoxy groups -OCH3 is 1. The highest BCUT2D eigenvalue weighted by Crippen LogP contribution is 2.64. The second kappa shape index (κ2) is 7.51. The number of carbonyl (C=O) groups excluding carboxylic acids is 3. The van der Waals surface area contributed by atoms with Gasteiger partial charge in [0.25, 0.3) is 5.91 Å². The van der Waals surface area contributed by atoms with E-state index >= 15 is 0 Å². The van der Waals surface area contributed by atoms with Gasteiger partial charge in [-0.15, -0.1) is 0 Å². The summed E-state index contributed by atoms with van der Waals surface area (Å²) in [6, 6.07) is -0.304. The molecule has 1 aliphatic heterocycles. The largest absolute Gasteiger partial charge is 0.445 e. The van der Waals surface area contributed by atoms with Gasteiger partial charge < -0.3 is 18.9 Å². The lowest BCUT2D eigenvalue weighted by Gasteiger charge is -2.51. The van der Waals surface area contributed by atoms with Gasteiger partial charge in [-0.05, 0) is 40.0 Å². The van der Waals surface area contributed by atoms with E-state index < -0.39 is 30.1 Å². The van der Waals surface area contributed by atoms with E-state index in [1.54, 1.807) is 27.7 Å². The minimum Gasteiger partial charge on any atom is -0.445 e. The Morgan fingerprint density at radius 3 is 2.29 bits per heavy atom. The zero-order chi connectivity index (χ0) is 20.8. The third-order valence-corrected chi connectivity index (χ3v) is 5.38. The number of fused-ring (bicyclic) bond motifs is 1. The van der Waals surface area contributed by atoms with Crippen LogP contribution in [0.5, 0.6) is 0 Å². The highest BCUT2D eigenvalue weighted by molar-refractivity contribution is 5.89. The van der Waals surface area contributed by atoms with E-state index in [4.69, 9.17) is 18.9 Å². The average molecular weight is 398 g/mol. The highest BCUT2D eigenvalue weighted by Gasteiger charge is 2.79. The molecule has 158 valence electrons. The van der Waals surface area contributed by atoms with Gasteiger partial charge in [0.1, 0.15) is 5.78 Å². The molecule has 0 bridgehead atoms. The molecule has 0 unspecified atom stereocenters. The van der Waals surface area contributed by atoms with Crippen molar-refractivity contribution in [2.45, 2.75) is 71.6 Å². The summed E-state index contributed by atoms with van der Waals surface area (Å²) in [6.45, 7) is 9.03. The first kappa shape index (κ1) is 20.9. The number of rotatable bonds is 6. The van der Waals surface area contributed by atoms with Crippen LogP contribution in [0.25, 0.3) is 0 Å². The van der Waals surface area contributed by atoms with Gasteiger partial charge >= 0.3 is 12.2 Å². The third-order valence-electron chi connectivity index (χ3n) is 5.38. The Bertz CT molecular complexity index is 652. The lowest BCUT2D eigenvalue weighted by atomic mass is 9.93. The molecule has 2 aliphatic carbocycles. The quantitative estimate of drug-likeness (QED) is 0.635. The summed E-state index contributed by atoms with van der Waals surface area (Å²) < 4.78 is 22.5. The van der Waals surface area contributed by atoms with Crippen molar-refractivity contribution in [2.75, 3.05) is 13.7 Å². The molecule has 5 atom stereocenters. The van der Waals surface area contributed by atoms with Gasteiger partial charge in [-0.3, -0.25) is 4.79 Å². The summed E-state index contributed by atoms with van der Waals surface area (Å²) in [5.41, 5.74) is 0. The van der Waals surface area contributed by atoms with Crippen molar-refractivity contribution in [1.82, 2.24) is 10.0 Å². The molecule has 0 radical (unpaired) electrons. The fourth-order valence-electron chi connectivity index (χ4n) is 4.46. The van der Waals surface area contributed by atoms with Gasteiger partial charge in [0.2, 0.25) is 0 Å². The van der Waals surface area contributed by atoms with E-state index in [0.29, 0.717) is 12.8 Å². The number of Topliss-reactive ketones (excluding diaryl/α,β-unsaturated/α-hetero) is 1. The molecule has 2 saturated carbocycles. The molecule has 1 heterocycles. The van der Waals surface area contributed by atoms with Crippen molar-refractivity contribution in [3.05, 3.63) is 0 Å². The van der Waals surface area contributed by atoms with Gasteiger partial charge in [-0.2, -0.15) is 5.01 Å². The lowest BCUT2D eigenvalue weighted by molar-refractivity contribution is -0.368. The lowest BCUT2D eigenvalue weighted by Crippen LogP contribution is -2.72. The van der Waals surface area contributed by atoms with E-state index in [1.165, 1.54) is 12.1 Å². The smallest absolute Gasteiger partial charge is 0.433 e. The number of ether oxygens (including phenoxy) is 4. The molecule has 0 spiro atoms. The summed E-state index contributed by atoms with van der Waals surface area (Å²) >= 11 is 0. The Balaban J connectivity index is 2.07. The molecule has 0 N–H and O–H groups in total. The van der Waals surface area contributed by atoms with Crippen LogP contribution in [0.15, 0.2) is 0 Å². The van der Waals surface area contributed by atoms with Crippen LogP contribution in [0.1, 0.15) is 47.5 Å².